The van der Waals surface area contributed by atoms with Gasteiger partial charge in [-0.15, -0.1) is 0 Å². The van der Waals surface area contributed by atoms with Crippen LogP contribution in [-0.2, 0) is 4.74 Å². The highest BCUT2D eigenvalue weighted by Gasteiger charge is 2.27. The summed E-state index contributed by atoms with van der Waals surface area (Å²) in [5.74, 6) is 6.95. The summed E-state index contributed by atoms with van der Waals surface area (Å²) in [4.78, 5) is 4.83. The molecule has 2 atom stereocenters. The number of amidine groups is 1. The average Bonchev–Trinajstić information content (AvgIpc) is 2.62. The molecule has 2 unspecified atom stereocenters. The highest BCUT2D eigenvalue weighted by Crippen LogP contribution is 2.23. The summed E-state index contributed by atoms with van der Waals surface area (Å²) in [6.07, 6.45) is 9.15. The number of nitrogens with one attached hydrogen (secondary N) is 1. The predicted octanol–water partition coefficient (Wildman–Crippen LogP) is 2.00. The molecule has 0 amide bonds. The maximum atomic E-state index is 5.62. The highest BCUT2D eigenvalue weighted by molar-refractivity contribution is 5.84. The van der Waals surface area contributed by atoms with Crippen molar-refractivity contribution < 1.29 is 4.74 Å². The van der Waals surface area contributed by atoms with Crippen LogP contribution in [0.4, 0.5) is 0 Å². The van der Waals surface area contributed by atoms with Crippen LogP contribution in [-0.4, -0.2) is 24.6 Å². The molecule has 1 aliphatic carbocycles. The van der Waals surface area contributed by atoms with Crippen molar-refractivity contribution in [2.24, 2.45) is 16.8 Å². The molecule has 2 rings (SSSR count). The van der Waals surface area contributed by atoms with Gasteiger partial charge in [-0.1, -0.05) is 25.7 Å². The Morgan fingerprint density at radius 3 is 2.47 bits per heavy atom. The van der Waals surface area contributed by atoms with E-state index in [0.29, 0.717) is 18.1 Å². The Hall–Kier alpha value is -0.610. The fourth-order valence-corrected chi connectivity index (χ4v) is 2.85. The van der Waals surface area contributed by atoms with Gasteiger partial charge < -0.3 is 10.2 Å². The van der Waals surface area contributed by atoms with Gasteiger partial charge in [0.25, 0.3) is 0 Å². The number of ether oxygens (including phenoxy) is 1. The monoisotopic (exact) mass is 239 g/mol. The van der Waals surface area contributed by atoms with E-state index in [1.807, 2.05) is 0 Å². The SMILES string of the molecule is CC1CC(C(=NC2CCCCCC2)NN)CO1. The van der Waals surface area contributed by atoms with Crippen LogP contribution in [0.5, 0.6) is 0 Å². The maximum Gasteiger partial charge on any atom is 0.116 e. The van der Waals surface area contributed by atoms with Gasteiger partial charge in [0.15, 0.2) is 0 Å². The summed E-state index contributed by atoms with van der Waals surface area (Å²) in [6.45, 7) is 2.87. The largest absolute Gasteiger partial charge is 0.378 e. The quantitative estimate of drug-likeness (QED) is 0.255. The minimum Gasteiger partial charge on any atom is -0.378 e. The maximum absolute atomic E-state index is 5.62. The third-order valence-corrected chi connectivity index (χ3v) is 3.88. The Labute approximate surface area is 104 Å². The van der Waals surface area contributed by atoms with Gasteiger partial charge >= 0.3 is 0 Å². The minimum atomic E-state index is 0.340. The number of rotatable bonds is 2. The van der Waals surface area contributed by atoms with E-state index in [2.05, 4.69) is 12.3 Å². The van der Waals surface area contributed by atoms with E-state index in [-0.39, 0.29) is 0 Å². The van der Waals surface area contributed by atoms with Crippen LogP contribution in [0.3, 0.4) is 0 Å². The predicted molar refractivity (Wildman–Crippen MR) is 69.8 cm³/mol. The highest BCUT2D eigenvalue weighted by atomic mass is 16.5. The van der Waals surface area contributed by atoms with Crippen LogP contribution in [0.2, 0.25) is 0 Å². The van der Waals surface area contributed by atoms with E-state index in [1.54, 1.807) is 0 Å². The third kappa shape index (κ3) is 3.68. The fourth-order valence-electron chi connectivity index (χ4n) is 2.85. The minimum absolute atomic E-state index is 0.340. The van der Waals surface area contributed by atoms with Crippen LogP contribution in [0.15, 0.2) is 4.99 Å². The summed E-state index contributed by atoms with van der Waals surface area (Å²) >= 11 is 0. The molecule has 3 N–H and O–H groups in total. The van der Waals surface area contributed by atoms with Crippen LogP contribution in [0, 0.1) is 5.92 Å². The summed E-state index contributed by atoms with van der Waals surface area (Å²) in [5.41, 5.74) is 2.80. The first-order valence-corrected chi connectivity index (χ1v) is 6.95. The molecule has 0 aromatic carbocycles. The standard InChI is InChI=1S/C13H25N3O/c1-10-8-11(9-17-10)13(16-14)15-12-6-4-2-3-5-7-12/h10-12H,2-9,14H2,1H3,(H,15,16). The molecule has 4 nitrogen and oxygen atoms in total. The molecule has 0 aromatic heterocycles. The van der Waals surface area contributed by atoms with Crippen molar-refractivity contribution in [2.45, 2.75) is 64.0 Å². The van der Waals surface area contributed by atoms with Gasteiger partial charge in [0.2, 0.25) is 0 Å². The Balaban J connectivity index is 1.95. The molecule has 4 heteroatoms. The van der Waals surface area contributed by atoms with Crippen molar-refractivity contribution >= 4 is 5.84 Å². The van der Waals surface area contributed by atoms with Gasteiger partial charge in [0, 0.05) is 5.92 Å². The first-order valence-electron chi connectivity index (χ1n) is 6.95. The molecule has 0 bridgehead atoms. The Morgan fingerprint density at radius 2 is 1.94 bits per heavy atom. The van der Waals surface area contributed by atoms with Gasteiger partial charge in [0.1, 0.15) is 5.84 Å². The Bertz CT molecular complexity index is 259. The number of hydrogen-bond donors (Lipinski definition) is 2. The normalized spacial score (nSPS) is 32.5. The smallest absolute Gasteiger partial charge is 0.116 e. The zero-order valence-electron chi connectivity index (χ0n) is 10.8. The van der Waals surface area contributed by atoms with E-state index >= 15 is 0 Å². The summed E-state index contributed by atoms with van der Waals surface area (Å²) in [5, 5.41) is 0. The van der Waals surface area contributed by atoms with Crippen molar-refractivity contribution in [3.8, 4) is 0 Å². The van der Waals surface area contributed by atoms with Crippen molar-refractivity contribution in [1.29, 1.82) is 0 Å². The summed E-state index contributed by atoms with van der Waals surface area (Å²) in [6, 6.07) is 0.472. The van der Waals surface area contributed by atoms with E-state index in [4.69, 9.17) is 15.6 Å². The third-order valence-electron chi connectivity index (χ3n) is 3.88. The number of aliphatic imine (C=N–C) groups is 1. The Morgan fingerprint density at radius 1 is 1.24 bits per heavy atom. The molecule has 2 aliphatic rings. The van der Waals surface area contributed by atoms with Crippen molar-refractivity contribution in [2.75, 3.05) is 6.61 Å². The van der Waals surface area contributed by atoms with E-state index in [0.717, 1.165) is 18.9 Å². The molecule has 0 spiro atoms. The second kappa shape index (κ2) is 6.36. The molecular formula is C13H25N3O. The topological polar surface area (TPSA) is 59.6 Å². The zero-order valence-corrected chi connectivity index (χ0v) is 10.8. The van der Waals surface area contributed by atoms with Gasteiger partial charge in [-0.2, -0.15) is 0 Å². The second-order valence-corrected chi connectivity index (χ2v) is 5.38. The molecule has 1 aliphatic heterocycles. The van der Waals surface area contributed by atoms with Crippen LogP contribution in [0.1, 0.15) is 51.9 Å². The van der Waals surface area contributed by atoms with Crippen molar-refractivity contribution in [1.82, 2.24) is 5.43 Å². The Kier molecular flexibility index (Phi) is 4.80. The lowest BCUT2D eigenvalue weighted by Gasteiger charge is -2.16. The van der Waals surface area contributed by atoms with Crippen molar-refractivity contribution in [3.05, 3.63) is 0 Å². The van der Waals surface area contributed by atoms with E-state index in [1.165, 1.54) is 38.5 Å². The molecule has 17 heavy (non-hydrogen) atoms. The zero-order chi connectivity index (χ0) is 12.1. The van der Waals surface area contributed by atoms with E-state index < -0.39 is 0 Å². The molecule has 0 radical (unpaired) electrons. The molecule has 1 saturated heterocycles. The first-order chi connectivity index (χ1) is 8.29. The molecule has 98 valence electrons. The molecule has 0 aromatic rings. The molecule has 1 heterocycles. The van der Waals surface area contributed by atoms with Gasteiger partial charge in [-0.3, -0.25) is 4.99 Å². The number of hydrazine groups is 1. The number of nitrogens with zero attached hydrogens (tertiary/aromatic N) is 1. The van der Waals surface area contributed by atoms with Gasteiger partial charge in [0.05, 0.1) is 18.8 Å². The van der Waals surface area contributed by atoms with Gasteiger partial charge in [-0.05, 0) is 26.2 Å². The lowest BCUT2D eigenvalue weighted by Crippen LogP contribution is -2.37. The lowest BCUT2D eigenvalue weighted by atomic mass is 10.0. The van der Waals surface area contributed by atoms with Crippen LogP contribution < -0.4 is 11.3 Å². The van der Waals surface area contributed by atoms with Gasteiger partial charge in [-0.25, -0.2) is 5.84 Å². The number of hydrogen-bond acceptors (Lipinski definition) is 3. The number of nitrogens with two attached hydrogens (primary N) is 1. The first kappa shape index (κ1) is 12.8. The van der Waals surface area contributed by atoms with Crippen LogP contribution >= 0.6 is 0 Å². The molecular weight excluding hydrogens is 214 g/mol. The fraction of sp³-hybridized carbons (Fsp3) is 0.923. The summed E-state index contributed by atoms with van der Waals surface area (Å²) in [7, 11) is 0. The summed E-state index contributed by atoms with van der Waals surface area (Å²) < 4.78 is 5.59. The average molecular weight is 239 g/mol. The molecule has 2 fully saturated rings. The molecule has 1 saturated carbocycles. The van der Waals surface area contributed by atoms with Crippen LogP contribution in [0.25, 0.3) is 0 Å². The second-order valence-electron chi connectivity index (χ2n) is 5.38. The lowest BCUT2D eigenvalue weighted by molar-refractivity contribution is 0.123. The van der Waals surface area contributed by atoms with E-state index in [9.17, 15) is 0 Å². The van der Waals surface area contributed by atoms with Crippen molar-refractivity contribution in [3.63, 3.8) is 0 Å².